The van der Waals surface area contributed by atoms with Crippen LogP contribution in [0.15, 0.2) is 65.1 Å². The lowest BCUT2D eigenvalue weighted by Crippen LogP contribution is -2.11. The van der Waals surface area contributed by atoms with Crippen LogP contribution in [0.5, 0.6) is 0 Å². The summed E-state index contributed by atoms with van der Waals surface area (Å²) in [7, 11) is 0. The first kappa shape index (κ1) is 15.8. The van der Waals surface area contributed by atoms with Crippen molar-refractivity contribution in [2.24, 2.45) is 0 Å². The van der Waals surface area contributed by atoms with E-state index in [0.29, 0.717) is 27.6 Å². The zero-order chi connectivity index (χ0) is 17.1. The number of nitrogens with one attached hydrogen (secondary N) is 1. The molecular formula is C18H12ClNO4. The summed E-state index contributed by atoms with van der Waals surface area (Å²) in [6.45, 7) is 0. The van der Waals surface area contributed by atoms with Crippen LogP contribution >= 0.6 is 11.6 Å². The van der Waals surface area contributed by atoms with Gasteiger partial charge in [-0.1, -0.05) is 29.8 Å². The highest BCUT2D eigenvalue weighted by atomic mass is 35.5. The number of hydrogen-bond donors (Lipinski definition) is 2. The van der Waals surface area contributed by atoms with E-state index >= 15 is 0 Å². The number of carbonyl (C=O) groups is 2. The minimum Gasteiger partial charge on any atom is -0.475 e. The van der Waals surface area contributed by atoms with Crippen LogP contribution in [0.1, 0.15) is 20.9 Å². The third-order valence-electron chi connectivity index (χ3n) is 3.35. The molecule has 0 bridgehead atoms. The van der Waals surface area contributed by atoms with Crippen LogP contribution in [0.3, 0.4) is 0 Å². The highest BCUT2D eigenvalue weighted by Crippen LogP contribution is 2.31. The fraction of sp³-hybridized carbons (Fsp3) is 0. The van der Waals surface area contributed by atoms with Gasteiger partial charge in [0.15, 0.2) is 0 Å². The number of halogens is 1. The van der Waals surface area contributed by atoms with Crippen molar-refractivity contribution in [2.45, 2.75) is 0 Å². The minimum absolute atomic E-state index is 0.164. The summed E-state index contributed by atoms with van der Waals surface area (Å²) in [4.78, 5) is 23.0. The summed E-state index contributed by atoms with van der Waals surface area (Å²) >= 11 is 6.22. The Morgan fingerprint density at radius 2 is 1.75 bits per heavy atom. The fourth-order valence-electron chi connectivity index (χ4n) is 2.18. The first-order chi connectivity index (χ1) is 11.5. The molecule has 0 radical (unpaired) electrons. The van der Waals surface area contributed by atoms with E-state index in [1.165, 1.54) is 12.1 Å². The molecule has 0 aliphatic carbocycles. The van der Waals surface area contributed by atoms with E-state index in [0.717, 1.165) is 0 Å². The van der Waals surface area contributed by atoms with Crippen molar-refractivity contribution < 1.29 is 19.1 Å². The number of aromatic carboxylic acids is 1. The summed E-state index contributed by atoms with van der Waals surface area (Å²) < 4.78 is 5.23. The lowest BCUT2D eigenvalue weighted by Gasteiger charge is -2.08. The lowest BCUT2D eigenvalue weighted by molar-refractivity contribution is 0.0663. The highest BCUT2D eigenvalue weighted by molar-refractivity contribution is 6.33. The topological polar surface area (TPSA) is 79.5 Å². The van der Waals surface area contributed by atoms with Gasteiger partial charge in [-0.25, -0.2) is 4.79 Å². The first-order valence-corrected chi connectivity index (χ1v) is 7.42. The average Bonchev–Trinajstić information content (AvgIpc) is 3.06. The molecule has 1 amide bonds. The zero-order valence-electron chi connectivity index (χ0n) is 12.3. The van der Waals surface area contributed by atoms with Gasteiger partial charge in [-0.05, 0) is 42.5 Å². The van der Waals surface area contributed by atoms with Crippen molar-refractivity contribution in [1.29, 1.82) is 0 Å². The summed E-state index contributed by atoms with van der Waals surface area (Å²) in [6.07, 6.45) is 0. The van der Waals surface area contributed by atoms with E-state index in [-0.39, 0.29) is 11.7 Å². The summed E-state index contributed by atoms with van der Waals surface area (Å²) in [5.41, 5.74) is 1.61. The molecule has 3 aromatic rings. The molecule has 2 aromatic carbocycles. The van der Waals surface area contributed by atoms with Crippen LogP contribution in [0.25, 0.3) is 11.3 Å². The Morgan fingerprint density at radius 1 is 1.00 bits per heavy atom. The normalized spacial score (nSPS) is 10.4. The van der Waals surface area contributed by atoms with Crippen LogP contribution in [-0.2, 0) is 0 Å². The highest BCUT2D eigenvalue weighted by Gasteiger charge is 2.14. The molecule has 1 heterocycles. The van der Waals surface area contributed by atoms with Crippen LogP contribution in [0.2, 0.25) is 5.02 Å². The van der Waals surface area contributed by atoms with Crippen LogP contribution in [0.4, 0.5) is 5.69 Å². The van der Waals surface area contributed by atoms with Gasteiger partial charge in [0, 0.05) is 16.8 Å². The first-order valence-electron chi connectivity index (χ1n) is 7.04. The number of furan rings is 1. The maximum atomic E-state index is 12.1. The molecule has 6 heteroatoms. The van der Waals surface area contributed by atoms with Gasteiger partial charge in [-0.2, -0.15) is 0 Å². The predicted octanol–water partition coefficient (Wildman–Crippen LogP) is 4.55. The van der Waals surface area contributed by atoms with Gasteiger partial charge in [-0.3, -0.25) is 4.79 Å². The van der Waals surface area contributed by atoms with Crippen molar-refractivity contribution in [1.82, 2.24) is 0 Å². The maximum absolute atomic E-state index is 12.1. The Balaban J connectivity index is 1.82. The molecule has 0 unspecified atom stereocenters. The van der Waals surface area contributed by atoms with Gasteiger partial charge in [0.1, 0.15) is 5.76 Å². The van der Waals surface area contributed by atoms with Gasteiger partial charge in [0.05, 0.1) is 5.02 Å². The summed E-state index contributed by atoms with van der Waals surface area (Å²) in [5, 5.41) is 12.0. The fourth-order valence-corrected chi connectivity index (χ4v) is 2.46. The molecular weight excluding hydrogens is 330 g/mol. The lowest BCUT2D eigenvalue weighted by atomic mass is 10.1. The SMILES string of the molecule is O=C(Nc1ccc(-c2ccc(C(=O)O)o2)c(Cl)c1)c1ccccc1. The van der Waals surface area contributed by atoms with Gasteiger partial charge in [0.25, 0.3) is 5.91 Å². The number of anilines is 1. The summed E-state index contributed by atoms with van der Waals surface area (Å²) in [5.74, 6) is -1.21. The van der Waals surface area contributed by atoms with Crippen molar-refractivity contribution in [3.05, 3.63) is 77.0 Å². The second-order valence-corrected chi connectivity index (χ2v) is 5.39. The number of rotatable bonds is 4. The van der Waals surface area contributed by atoms with Crippen molar-refractivity contribution in [2.75, 3.05) is 5.32 Å². The van der Waals surface area contributed by atoms with E-state index in [1.54, 1.807) is 42.5 Å². The second-order valence-electron chi connectivity index (χ2n) is 4.98. The van der Waals surface area contributed by atoms with Gasteiger partial charge >= 0.3 is 5.97 Å². The Bertz CT molecular complexity index is 902. The number of carboxylic acids is 1. The molecule has 1 aromatic heterocycles. The van der Waals surface area contributed by atoms with E-state index in [9.17, 15) is 9.59 Å². The van der Waals surface area contributed by atoms with E-state index in [4.69, 9.17) is 21.1 Å². The molecule has 2 N–H and O–H groups in total. The van der Waals surface area contributed by atoms with E-state index in [2.05, 4.69) is 5.32 Å². The molecule has 0 spiro atoms. The van der Waals surface area contributed by atoms with Crippen molar-refractivity contribution >= 4 is 29.2 Å². The van der Waals surface area contributed by atoms with E-state index in [1.807, 2.05) is 6.07 Å². The Morgan fingerprint density at radius 3 is 2.38 bits per heavy atom. The molecule has 0 fully saturated rings. The second kappa shape index (κ2) is 6.60. The molecule has 0 saturated heterocycles. The van der Waals surface area contributed by atoms with Gasteiger partial charge in [-0.15, -0.1) is 0 Å². The van der Waals surface area contributed by atoms with E-state index < -0.39 is 5.97 Å². The Labute approximate surface area is 142 Å². The standard InChI is InChI=1S/C18H12ClNO4/c19-14-10-12(20-17(21)11-4-2-1-3-5-11)6-7-13(14)15-8-9-16(24-15)18(22)23/h1-10H,(H,20,21)(H,22,23). The van der Waals surface area contributed by atoms with Crippen LogP contribution in [0, 0.1) is 0 Å². The van der Waals surface area contributed by atoms with Gasteiger partial charge in [0.2, 0.25) is 5.76 Å². The molecule has 0 aliphatic heterocycles. The minimum atomic E-state index is -1.15. The quantitative estimate of drug-likeness (QED) is 0.729. The molecule has 24 heavy (non-hydrogen) atoms. The molecule has 0 saturated carbocycles. The Hall–Kier alpha value is -3.05. The predicted molar refractivity (Wildman–Crippen MR) is 90.5 cm³/mol. The Kier molecular flexibility index (Phi) is 4.35. The van der Waals surface area contributed by atoms with Crippen molar-refractivity contribution in [3.63, 3.8) is 0 Å². The third-order valence-corrected chi connectivity index (χ3v) is 3.66. The molecule has 0 atom stereocenters. The third kappa shape index (κ3) is 3.31. The smallest absolute Gasteiger partial charge is 0.371 e. The number of carboxylic acid groups (broad SMARTS) is 1. The monoisotopic (exact) mass is 341 g/mol. The van der Waals surface area contributed by atoms with Crippen LogP contribution < -0.4 is 5.32 Å². The molecule has 5 nitrogen and oxygen atoms in total. The molecule has 3 rings (SSSR count). The number of hydrogen-bond acceptors (Lipinski definition) is 3. The van der Waals surface area contributed by atoms with Crippen molar-refractivity contribution in [3.8, 4) is 11.3 Å². The largest absolute Gasteiger partial charge is 0.475 e. The van der Waals surface area contributed by atoms with Gasteiger partial charge < -0.3 is 14.8 Å². The number of benzene rings is 2. The average molecular weight is 342 g/mol. The zero-order valence-corrected chi connectivity index (χ0v) is 13.1. The maximum Gasteiger partial charge on any atom is 0.371 e. The number of amides is 1. The number of carbonyl (C=O) groups excluding carboxylic acids is 1. The molecule has 0 aliphatic rings. The van der Waals surface area contributed by atoms with Crippen LogP contribution in [-0.4, -0.2) is 17.0 Å². The molecule has 120 valence electrons. The summed E-state index contributed by atoms with van der Waals surface area (Å²) in [6, 6.07) is 16.6.